The summed E-state index contributed by atoms with van der Waals surface area (Å²) in [6, 6.07) is 23.9. The zero-order valence-electron chi connectivity index (χ0n) is 18.1. The molecule has 4 heteroatoms. The molecule has 3 nitrogen and oxygen atoms in total. The third-order valence-corrected chi connectivity index (χ3v) is 9.50. The fourth-order valence-corrected chi connectivity index (χ4v) is 8.31. The molecule has 0 spiro atoms. The van der Waals surface area contributed by atoms with Gasteiger partial charge in [0, 0.05) is 16.7 Å². The third kappa shape index (κ3) is 4.33. The van der Waals surface area contributed by atoms with Crippen LogP contribution in [-0.4, -0.2) is 6.04 Å². The van der Waals surface area contributed by atoms with Gasteiger partial charge in [-0.2, -0.15) is 0 Å². The van der Waals surface area contributed by atoms with Gasteiger partial charge in [-0.15, -0.1) is 0 Å². The predicted molar refractivity (Wildman–Crippen MR) is 125 cm³/mol. The van der Waals surface area contributed by atoms with E-state index >= 15 is 4.57 Å². The zero-order chi connectivity index (χ0) is 21.2. The van der Waals surface area contributed by atoms with Crippen LogP contribution in [0, 0.1) is 11.3 Å². The van der Waals surface area contributed by atoms with Gasteiger partial charge in [-0.05, 0) is 42.7 Å². The van der Waals surface area contributed by atoms with Gasteiger partial charge in [-0.3, -0.25) is 5.32 Å². The summed E-state index contributed by atoms with van der Waals surface area (Å²) in [5.74, 6) is 0.974. The Balaban J connectivity index is 1.81. The van der Waals surface area contributed by atoms with E-state index < -0.39 is 12.9 Å². The van der Waals surface area contributed by atoms with Crippen LogP contribution in [0.15, 0.2) is 83.5 Å². The van der Waals surface area contributed by atoms with E-state index in [1.165, 1.54) is 6.42 Å². The van der Waals surface area contributed by atoms with Gasteiger partial charge in [0.15, 0.2) is 7.14 Å². The Kier molecular flexibility index (Phi) is 6.04. The molecule has 0 radical (unpaired) electrons. The van der Waals surface area contributed by atoms with E-state index in [0.29, 0.717) is 12.0 Å². The Hall–Kier alpha value is -2.09. The van der Waals surface area contributed by atoms with Crippen LogP contribution in [0.4, 0.5) is 0 Å². The molecule has 1 heterocycles. The quantitative estimate of drug-likeness (QED) is 0.489. The molecule has 1 fully saturated rings. The van der Waals surface area contributed by atoms with Crippen molar-refractivity contribution in [3.8, 4) is 0 Å². The lowest BCUT2D eigenvalue weighted by molar-refractivity contribution is 0.148. The molecule has 0 aliphatic heterocycles. The molecule has 0 bridgehead atoms. The molecule has 30 heavy (non-hydrogen) atoms. The summed E-state index contributed by atoms with van der Waals surface area (Å²) in [5.41, 5.74) is 0.270. The Morgan fingerprint density at radius 1 is 0.933 bits per heavy atom. The number of hydrogen-bond donors (Lipinski definition) is 1. The fourth-order valence-electron chi connectivity index (χ4n) is 5.26. The molecule has 0 amide bonds. The molecule has 0 saturated heterocycles. The molecule has 2 aromatic carbocycles. The van der Waals surface area contributed by atoms with E-state index in [1.807, 2.05) is 72.8 Å². The summed E-state index contributed by atoms with van der Waals surface area (Å²) in [6.07, 6.45) is 5.06. The smallest absolute Gasteiger partial charge is 0.166 e. The highest BCUT2D eigenvalue weighted by Gasteiger charge is 2.42. The lowest BCUT2D eigenvalue weighted by Gasteiger charge is -2.41. The second-order valence-corrected chi connectivity index (χ2v) is 12.4. The summed E-state index contributed by atoms with van der Waals surface area (Å²) in [4.78, 5) is 0. The van der Waals surface area contributed by atoms with Crippen molar-refractivity contribution in [3.05, 3.63) is 84.8 Å². The van der Waals surface area contributed by atoms with Crippen molar-refractivity contribution in [1.29, 1.82) is 0 Å². The molecule has 1 aliphatic rings. The molecular weight excluding hydrogens is 389 g/mol. The van der Waals surface area contributed by atoms with Gasteiger partial charge in [0.25, 0.3) is 0 Å². The Bertz CT molecular complexity index is 939. The minimum absolute atomic E-state index is 0.270. The highest BCUT2D eigenvalue weighted by atomic mass is 31.2. The average molecular weight is 422 g/mol. The van der Waals surface area contributed by atoms with Gasteiger partial charge < -0.3 is 8.98 Å². The summed E-state index contributed by atoms with van der Waals surface area (Å²) in [5, 5.41) is 5.53. The monoisotopic (exact) mass is 421 g/mol. The molecule has 4 rings (SSSR count). The van der Waals surface area contributed by atoms with Crippen LogP contribution >= 0.6 is 7.14 Å². The van der Waals surface area contributed by atoms with Crippen LogP contribution in [0.1, 0.15) is 51.6 Å². The Morgan fingerprint density at radius 2 is 1.53 bits per heavy atom. The second kappa shape index (κ2) is 8.57. The molecular formula is C26H32NO2P. The van der Waals surface area contributed by atoms with Crippen molar-refractivity contribution in [1.82, 2.24) is 5.32 Å². The number of hydrogen-bond acceptors (Lipinski definition) is 3. The van der Waals surface area contributed by atoms with E-state index in [-0.39, 0.29) is 5.41 Å². The summed E-state index contributed by atoms with van der Waals surface area (Å²) < 4.78 is 20.9. The predicted octanol–water partition coefficient (Wildman–Crippen LogP) is 6.10. The molecule has 1 aromatic heterocycles. The minimum Gasteiger partial charge on any atom is -0.467 e. The molecule has 1 N–H and O–H groups in total. The number of nitrogens with one attached hydrogen (secondary N) is 1. The van der Waals surface area contributed by atoms with Crippen LogP contribution in [0.2, 0.25) is 0 Å². The third-order valence-electron chi connectivity index (χ3n) is 6.24. The number of furan rings is 1. The van der Waals surface area contributed by atoms with E-state index in [9.17, 15) is 0 Å². The van der Waals surface area contributed by atoms with Crippen LogP contribution in [0.3, 0.4) is 0 Å². The van der Waals surface area contributed by atoms with Crippen molar-refractivity contribution in [3.63, 3.8) is 0 Å². The first-order valence-electron chi connectivity index (χ1n) is 10.9. The lowest BCUT2D eigenvalue weighted by Crippen LogP contribution is -2.43. The summed E-state index contributed by atoms with van der Waals surface area (Å²) in [6.45, 7) is 7.01. The largest absolute Gasteiger partial charge is 0.467 e. The van der Waals surface area contributed by atoms with Gasteiger partial charge >= 0.3 is 0 Å². The zero-order valence-corrected chi connectivity index (χ0v) is 19.0. The minimum atomic E-state index is -3.06. The van der Waals surface area contributed by atoms with E-state index in [4.69, 9.17) is 4.42 Å². The highest BCUT2D eigenvalue weighted by molar-refractivity contribution is 7.78. The maximum absolute atomic E-state index is 15.0. The second-order valence-electron chi connectivity index (χ2n) is 9.52. The first kappa shape index (κ1) is 21.2. The molecule has 3 aromatic rings. The van der Waals surface area contributed by atoms with Crippen LogP contribution in [-0.2, 0) is 4.57 Å². The van der Waals surface area contributed by atoms with E-state index in [0.717, 1.165) is 29.2 Å². The normalized spacial score (nSPS) is 22.5. The van der Waals surface area contributed by atoms with Crippen molar-refractivity contribution in [2.75, 3.05) is 0 Å². The van der Waals surface area contributed by atoms with Crippen molar-refractivity contribution < 1.29 is 8.98 Å². The van der Waals surface area contributed by atoms with Gasteiger partial charge in [0.1, 0.15) is 11.5 Å². The average Bonchev–Trinajstić information content (AvgIpc) is 3.26. The molecule has 0 unspecified atom stereocenters. The Morgan fingerprint density at radius 3 is 2.03 bits per heavy atom. The summed E-state index contributed by atoms with van der Waals surface area (Å²) in [7, 11) is -3.06. The van der Waals surface area contributed by atoms with E-state index in [1.54, 1.807) is 6.26 Å². The van der Waals surface area contributed by atoms with Gasteiger partial charge in [-0.1, -0.05) is 81.4 Å². The van der Waals surface area contributed by atoms with Crippen molar-refractivity contribution in [2.45, 2.75) is 51.9 Å². The number of rotatable bonds is 6. The van der Waals surface area contributed by atoms with Gasteiger partial charge in [0.2, 0.25) is 0 Å². The highest BCUT2D eigenvalue weighted by Crippen LogP contribution is 2.56. The van der Waals surface area contributed by atoms with Gasteiger partial charge in [-0.25, -0.2) is 0 Å². The first-order chi connectivity index (χ1) is 14.4. The summed E-state index contributed by atoms with van der Waals surface area (Å²) >= 11 is 0. The van der Waals surface area contributed by atoms with E-state index in [2.05, 4.69) is 26.1 Å². The molecule has 1 aliphatic carbocycles. The van der Waals surface area contributed by atoms with Crippen molar-refractivity contribution >= 4 is 17.8 Å². The first-order valence-corrected chi connectivity index (χ1v) is 12.7. The van der Waals surface area contributed by atoms with Gasteiger partial charge in [0.05, 0.1) is 6.26 Å². The topological polar surface area (TPSA) is 42.2 Å². The number of benzene rings is 2. The standard InChI is InChI=1S/C26H32NO2P/c1-20-17-21(19-26(2,3)18-20)27-25(24-15-10-16-29-24)30(28,22-11-6-4-7-12-22)23-13-8-5-9-14-23/h4-16,20-21,25,27H,17-19H2,1-3H3/t20-,21-,25+/m1/s1. The molecule has 158 valence electrons. The van der Waals surface area contributed by atoms with Crippen molar-refractivity contribution in [2.24, 2.45) is 11.3 Å². The van der Waals surface area contributed by atoms with Crippen LogP contribution in [0.5, 0.6) is 0 Å². The Labute approximate surface area is 180 Å². The maximum Gasteiger partial charge on any atom is 0.166 e. The molecule has 3 atom stereocenters. The maximum atomic E-state index is 15.0. The van der Waals surface area contributed by atoms with Crippen LogP contribution in [0.25, 0.3) is 0 Å². The SMILES string of the molecule is C[C@@H]1C[C@@H](N[C@H](c2ccco2)P(=O)(c2ccccc2)c2ccccc2)CC(C)(C)C1. The molecule has 1 saturated carbocycles. The van der Waals surface area contributed by atoms with Crippen LogP contribution < -0.4 is 15.9 Å². The fraction of sp³-hybridized carbons (Fsp3) is 0.385. The lowest BCUT2D eigenvalue weighted by atomic mass is 9.70.